The van der Waals surface area contributed by atoms with Gasteiger partial charge in [0.05, 0.1) is 16.8 Å². The molecule has 3 rings (SSSR count). The summed E-state index contributed by atoms with van der Waals surface area (Å²) in [6.07, 6.45) is 2.53. The number of nitrogens with zero attached hydrogens (tertiary/aromatic N) is 3. The van der Waals surface area contributed by atoms with E-state index in [1.165, 1.54) is 12.1 Å². The molecule has 0 spiro atoms. The second kappa shape index (κ2) is 4.75. The smallest absolute Gasteiger partial charge is 0.269 e. The molecule has 0 aliphatic carbocycles. The first kappa shape index (κ1) is 12.3. The van der Waals surface area contributed by atoms with Crippen molar-refractivity contribution in [3.05, 3.63) is 76.2 Å². The molecule has 1 atom stereocenters. The molecule has 0 bridgehead atoms. The third-order valence-corrected chi connectivity index (χ3v) is 3.15. The van der Waals surface area contributed by atoms with Crippen molar-refractivity contribution in [1.82, 2.24) is 9.38 Å². The van der Waals surface area contributed by atoms with Crippen LogP contribution >= 0.6 is 0 Å². The van der Waals surface area contributed by atoms with E-state index in [0.717, 1.165) is 5.65 Å². The van der Waals surface area contributed by atoms with Crippen LogP contribution in [0.3, 0.4) is 0 Å². The molecule has 2 aromatic heterocycles. The van der Waals surface area contributed by atoms with Gasteiger partial charge in [-0.05, 0) is 29.8 Å². The van der Waals surface area contributed by atoms with Gasteiger partial charge in [-0.1, -0.05) is 6.07 Å². The highest BCUT2D eigenvalue weighted by Gasteiger charge is 2.16. The van der Waals surface area contributed by atoms with E-state index in [1.54, 1.807) is 22.7 Å². The lowest BCUT2D eigenvalue weighted by Gasteiger charge is -2.10. The van der Waals surface area contributed by atoms with Crippen LogP contribution in [-0.2, 0) is 0 Å². The quantitative estimate of drug-likeness (QED) is 0.584. The van der Waals surface area contributed by atoms with Crippen molar-refractivity contribution in [2.45, 2.75) is 6.10 Å². The Morgan fingerprint density at radius 1 is 1.20 bits per heavy atom. The predicted molar refractivity (Wildman–Crippen MR) is 72.4 cm³/mol. The van der Waals surface area contributed by atoms with Crippen molar-refractivity contribution in [2.75, 3.05) is 0 Å². The maximum absolute atomic E-state index is 10.6. The number of fused-ring (bicyclic) bond motifs is 1. The number of aromatic nitrogens is 2. The first-order valence-electron chi connectivity index (χ1n) is 6.01. The van der Waals surface area contributed by atoms with Gasteiger partial charge in [-0.2, -0.15) is 0 Å². The summed E-state index contributed by atoms with van der Waals surface area (Å²) in [7, 11) is 0. The molecule has 0 saturated heterocycles. The maximum atomic E-state index is 10.6. The van der Waals surface area contributed by atoms with Crippen LogP contribution in [0.25, 0.3) is 5.65 Å². The first-order chi connectivity index (χ1) is 9.66. The number of non-ortho nitro benzene ring substituents is 1. The fourth-order valence-corrected chi connectivity index (χ4v) is 2.10. The van der Waals surface area contributed by atoms with Crippen LogP contribution in [0, 0.1) is 10.1 Å². The number of hydrogen-bond acceptors (Lipinski definition) is 4. The lowest BCUT2D eigenvalue weighted by atomic mass is 10.1. The largest absolute Gasteiger partial charge is 0.382 e. The average molecular weight is 269 g/mol. The van der Waals surface area contributed by atoms with Crippen LogP contribution in [0.1, 0.15) is 17.4 Å². The fraction of sp³-hybridized carbons (Fsp3) is 0.0714. The molecule has 1 unspecified atom stereocenters. The molecule has 0 saturated carbocycles. The second-order valence-corrected chi connectivity index (χ2v) is 4.36. The molecular weight excluding hydrogens is 258 g/mol. The highest BCUT2D eigenvalue weighted by atomic mass is 16.6. The molecule has 0 radical (unpaired) electrons. The number of nitro benzene ring substituents is 1. The minimum atomic E-state index is -0.881. The van der Waals surface area contributed by atoms with Crippen LogP contribution in [0.15, 0.2) is 54.9 Å². The Balaban J connectivity index is 1.99. The van der Waals surface area contributed by atoms with Crippen molar-refractivity contribution < 1.29 is 10.0 Å². The summed E-state index contributed by atoms with van der Waals surface area (Å²) in [5.74, 6) is 0. The number of aliphatic hydroxyl groups excluding tert-OH is 1. The van der Waals surface area contributed by atoms with Crippen LogP contribution in [0.5, 0.6) is 0 Å². The molecule has 0 fully saturated rings. The number of benzene rings is 1. The minimum absolute atomic E-state index is 0.000841. The van der Waals surface area contributed by atoms with Gasteiger partial charge in [0.2, 0.25) is 0 Å². The van der Waals surface area contributed by atoms with E-state index in [1.807, 2.05) is 24.4 Å². The molecule has 20 heavy (non-hydrogen) atoms. The lowest BCUT2D eigenvalue weighted by molar-refractivity contribution is -0.384. The van der Waals surface area contributed by atoms with E-state index in [9.17, 15) is 15.2 Å². The second-order valence-electron chi connectivity index (χ2n) is 4.36. The Labute approximate surface area is 114 Å². The van der Waals surface area contributed by atoms with E-state index < -0.39 is 11.0 Å². The van der Waals surface area contributed by atoms with Gasteiger partial charge in [0.15, 0.2) is 0 Å². The van der Waals surface area contributed by atoms with Crippen molar-refractivity contribution in [1.29, 1.82) is 0 Å². The van der Waals surface area contributed by atoms with Gasteiger partial charge in [0.1, 0.15) is 11.8 Å². The Morgan fingerprint density at radius 2 is 1.95 bits per heavy atom. The Hall–Kier alpha value is -2.73. The number of nitro groups is 1. The average Bonchev–Trinajstić information content (AvgIpc) is 2.90. The molecule has 0 aliphatic rings. The summed E-state index contributed by atoms with van der Waals surface area (Å²) in [5.41, 5.74) is 1.94. The molecule has 100 valence electrons. The summed E-state index contributed by atoms with van der Waals surface area (Å²) in [6, 6.07) is 11.4. The molecular formula is C14H11N3O3. The summed E-state index contributed by atoms with van der Waals surface area (Å²) in [5, 5.41) is 21.0. The predicted octanol–water partition coefficient (Wildman–Crippen LogP) is 2.32. The first-order valence-corrected chi connectivity index (χ1v) is 6.01. The zero-order valence-electron chi connectivity index (χ0n) is 10.4. The molecule has 0 aliphatic heterocycles. The molecule has 2 heterocycles. The van der Waals surface area contributed by atoms with Crippen LogP contribution in [0.4, 0.5) is 5.69 Å². The zero-order valence-corrected chi connectivity index (χ0v) is 10.4. The van der Waals surface area contributed by atoms with Gasteiger partial charge in [-0.25, -0.2) is 4.98 Å². The van der Waals surface area contributed by atoms with Gasteiger partial charge in [-0.15, -0.1) is 0 Å². The van der Waals surface area contributed by atoms with E-state index in [4.69, 9.17) is 0 Å². The summed E-state index contributed by atoms with van der Waals surface area (Å²) in [4.78, 5) is 14.4. The Bertz CT molecular complexity index is 765. The number of hydrogen-bond donors (Lipinski definition) is 1. The van der Waals surface area contributed by atoms with Crippen molar-refractivity contribution >= 4 is 11.3 Å². The molecule has 0 amide bonds. The molecule has 1 aromatic carbocycles. The van der Waals surface area contributed by atoms with Gasteiger partial charge in [0, 0.05) is 18.3 Å². The normalized spacial score (nSPS) is 12.4. The minimum Gasteiger partial charge on any atom is -0.382 e. The Kier molecular flexibility index (Phi) is 2.92. The van der Waals surface area contributed by atoms with E-state index in [2.05, 4.69) is 4.98 Å². The third kappa shape index (κ3) is 2.02. The van der Waals surface area contributed by atoms with Gasteiger partial charge in [0.25, 0.3) is 5.69 Å². The summed E-state index contributed by atoms with van der Waals surface area (Å²) >= 11 is 0. The topological polar surface area (TPSA) is 80.7 Å². The van der Waals surface area contributed by atoms with E-state index in [0.29, 0.717) is 11.3 Å². The van der Waals surface area contributed by atoms with Crippen LogP contribution in [0.2, 0.25) is 0 Å². The van der Waals surface area contributed by atoms with Crippen LogP contribution < -0.4 is 0 Å². The molecule has 6 heteroatoms. The fourth-order valence-electron chi connectivity index (χ4n) is 2.10. The maximum Gasteiger partial charge on any atom is 0.269 e. The zero-order chi connectivity index (χ0) is 14.1. The SMILES string of the molecule is O=[N+]([O-])c1ccc(C(O)c2cnc3ccccn23)cc1. The standard InChI is InChI=1S/C14H11N3O3/c18-14(10-4-6-11(7-5-10)17(19)20)12-9-15-13-3-1-2-8-16(12)13/h1-9,14,18H. The number of aliphatic hydroxyl groups is 1. The summed E-state index contributed by atoms with van der Waals surface area (Å²) in [6.45, 7) is 0. The van der Waals surface area contributed by atoms with Crippen LogP contribution in [-0.4, -0.2) is 19.4 Å². The monoisotopic (exact) mass is 269 g/mol. The van der Waals surface area contributed by atoms with E-state index >= 15 is 0 Å². The molecule has 1 N–H and O–H groups in total. The number of imidazole rings is 1. The summed E-state index contributed by atoms with van der Waals surface area (Å²) < 4.78 is 1.78. The molecule has 6 nitrogen and oxygen atoms in total. The molecule has 3 aromatic rings. The number of pyridine rings is 1. The lowest BCUT2D eigenvalue weighted by Crippen LogP contribution is -2.03. The highest BCUT2D eigenvalue weighted by molar-refractivity contribution is 5.43. The van der Waals surface area contributed by atoms with Gasteiger partial charge >= 0.3 is 0 Å². The third-order valence-electron chi connectivity index (χ3n) is 3.15. The van der Waals surface area contributed by atoms with Gasteiger partial charge < -0.3 is 9.51 Å². The van der Waals surface area contributed by atoms with E-state index in [-0.39, 0.29) is 5.69 Å². The van der Waals surface area contributed by atoms with Crippen molar-refractivity contribution in [2.24, 2.45) is 0 Å². The van der Waals surface area contributed by atoms with Gasteiger partial charge in [-0.3, -0.25) is 10.1 Å². The number of rotatable bonds is 3. The highest BCUT2D eigenvalue weighted by Crippen LogP contribution is 2.24. The van der Waals surface area contributed by atoms with Crippen molar-refractivity contribution in [3.8, 4) is 0 Å². The van der Waals surface area contributed by atoms with Crippen molar-refractivity contribution in [3.63, 3.8) is 0 Å². The Morgan fingerprint density at radius 3 is 2.65 bits per heavy atom.